The van der Waals surface area contributed by atoms with E-state index in [1.54, 1.807) is 12.1 Å². The van der Waals surface area contributed by atoms with E-state index in [-0.39, 0.29) is 17.7 Å². The first kappa shape index (κ1) is 23.2. The van der Waals surface area contributed by atoms with Crippen molar-refractivity contribution in [2.24, 2.45) is 0 Å². The number of aromatic nitrogens is 3. The molecule has 6 heteroatoms. The second-order valence-electron chi connectivity index (χ2n) is 9.32. The summed E-state index contributed by atoms with van der Waals surface area (Å²) in [6.45, 7) is 6.32. The van der Waals surface area contributed by atoms with Crippen LogP contribution >= 0.6 is 0 Å². The zero-order chi connectivity index (χ0) is 24.5. The second kappa shape index (κ2) is 9.61. The summed E-state index contributed by atoms with van der Waals surface area (Å²) < 4.78 is 21.1. The van der Waals surface area contributed by atoms with Gasteiger partial charge >= 0.3 is 5.97 Å². The molecular formula is C29H30FN3O2. The lowest BCUT2D eigenvalue weighted by Gasteiger charge is -2.15. The number of carbonyl (C=O) groups excluding carboxylic acids is 1. The monoisotopic (exact) mass is 471 g/mol. The lowest BCUT2D eigenvalue weighted by Crippen LogP contribution is -2.09. The molecule has 1 aliphatic rings. The van der Waals surface area contributed by atoms with Gasteiger partial charge in [0.2, 0.25) is 0 Å². The van der Waals surface area contributed by atoms with Crippen molar-refractivity contribution in [1.29, 1.82) is 0 Å². The predicted octanol–water partition coefficient (Wildman–Crippen LogP) is 5.94. The number of fused-ring (bicyclic) bond motifs is 2. The smallest absolute Gasteiger partial charge is 0.306 e. The van der Waals surface area contributed by atoms with Gasteiger partial charge in [-0.2, -0.15) is 0 Å². The van der Waals surface area contributed by atoms with E-state index >= 15 is 0 Å². The van der Waals surface area contributed by atoms with Crippen molar-refractivity contribution in [2.45, 2.75) is 58.8 Å². The normalized spacial score (nSPS) is 14.9. The molecule has 4 aromatic rings. The van der Waals surface area contributed by atoms with E-state index in [0.717, 1.165) is 53.9 Å². The first-order valence-corrected chi connectivity index (χ1v) is 12.3. The number of halogens is 1. The van der Waals surface area contributed by atoms with E-state index in [4.69, 9.17) is 9.72 Å². The molecule has 2 aromatic carbocycles. The average molecular weight is 472 g/mol. The molecule has 1 unspecified atom stereocenters. The molecule has 0 fully saturated rings. The van der Waals surface area contributed by atoms with Crippen molar-refractivity contribution >= 4 is 17.0 Å². The summed E-state index contributed by atoms with van der Waals surface area (Å²) in [5.41, 5.74) is 8.53. The molecule has 2 aromatic heterocycles. The fourth-order valence-electron chi connectivity index (χ4n) is 5.30. The highest BCUT2D eigenvalue weighted by atomic mass is 19.1. The Morgan fingerprint density at radius 1 is 1.17 bits per heavy atom. The SMILES string of the molecule is CCOC(=O)CC1CCc2cc(CCc3cccc(-n4c(C)nc5ccc(F)cc54)c3C)cnc21. The van der Waals surface area contributed by atoms with Crippen molar-refractivity contribution in [3.05, 3.63) is 88.3 Å². The second-order valence-corrected chi connectivity index (χ2v) is 9.32. The predicted molar refractivity (Wildman–Crippen MR) is 134 cm³/mol. The fourth-order valence-corrected chi connectivity index (χ4v) is 5.30. The van der Waals surface area contributed by atoms with Crippen LogP contribution < -0.4 is 0 Å². The summed E-state index contributed by atoms with van der Waals surface area (Å²) in [5.74, 6) is 0.595. The molecule has 1 atom stereocenters. The van der Waals surface area contributed by atoms with Gasteiger partial charge in [0.05, 0.1) is 29.7 Å². The summed E-state index contributed by atoms with van der Waals surface area (Å²) in [6.07, 6.45) is 6.03. The zero-order valence-electron chi connectivity index (χ0n) is 20.5. The van der Waals surface area contributed by atoms with E-state index in [1.807, 2.05) is 24.6 Å². The van der Waals surface area contributed by atoms with Crippen molar-refractivity contribution in [3.8, 4) is 5.69 Å². The summed E-state index contributed by atoms with van der Waals surface area (Å²) >= 11 is 0. The third kappa shape index (κ3) is 4.57. The van der Waals surface area contributed by atoms with E-state index in [9.17, 15) is 9.18 Å². The molecule has 0 saturated heterocycles. The third-order valence-corrected chi connectivity index (χ3v) is 7.05. The van der Waals surface area contributed by atoms with Gasteiger partial charge in [-0.05, 0) is 86.9 Å². The van der Waals surface area contributed by atoms with Crippen LogP contribution in [0.2, 0.25) is 0 Å². The Hall–Kier alpha value is -3.54. The highest BCUT2D eigenvalue weighted by molar-refractivity contribution is 5.79. The van der Waals surface area contributed by atoms with Crippen LogP contribution in [0.15, 0.2) is 48.7 Å². The molecule has 180 valence electrons. The molecule has 0 saturated carbocycles. The Balaban J connectivity index is 1.35. The summed E-state index contributed by atoms with van der Waals surface area (Å²) in [5, 5.41) is 0. The molecule has 1 aliphatic carbocycles. The number of imidazole rings is 1. The molecule has 5 nitrogen and oxygen atoms in total. The van der Waals surface area contributed by atoms with Gasteiger partial charge in [0.25, 0.3) is 0 Å². The van der Waals surface area contributed by atoms with Gasteiger partial charge < -0.3 is 4.74 Å². The van der Waals surface area contributed by atoms with Gasteiger partial charge in [0.1, 0.15) is 11.6 Å². The number of ether oxygens (including phenoxy) is 1. The van der Waals surface area contributed by atoms with Crippen LogP contribution in [0.3, 0.4) is 0 Å². The topological polar surface area (TPSA) is 57.0 Å². The average Bonchev–Trinajstić information content (AvgIpc) is 3.38. The largest absolute Gasteiger partial charge is 0.466 e. The molecule has 0 bridgehead atoms. The number of benzene rings is 2. The minimum absolute atomic E-state index is 0.143. The van der Waals surface area contributed by atoms with Gasteiger partial charge in [-0.1, -0.05) is 18.2 Å². The Kier molecular flexibility index (Phi) is 6.37. The molecule has 35 heavy (non-hydrogen) atoms. The number of carbonyl (C=O) groups is 1. The maximum atomic E-state index is 14.0. The summed E-state index contributed by atoms with van der Waals surface area (Å²) in [6, 6.07) is 13.3. The van der Waals surface area contributed by atoms with Gasteiger partial charge in [-0.15, -0.1) is 0 Å². The van der Waals surface area contributed by atoms with Crippen LogP contribution in [0.4, 0.5) is 4.39 Å². The molecule has 0 spiro atoms. The van der Waals surface area contributed by atoms with Gasteiger partial charge in [-0.25, -0.2) is 9.37 Å². The van der Waals surface area contributed by atoms with Crippen molar-refractivity contribution in [1.82, 2.24) is 14.5 Å². The Morgan fingerprint density at radius 2 is 2.03 bits per heavy atom. The van der Waals surface area contributed by atoms with Crippen LogP contribution in [0.25, 0.3) is 16.7 Å². The zero-order valence-corrected chi connectivity index (χ0v) is 20.5. The van der Waals surface area contributed by atoms with E-state index in [1.165, 1.54) is 28.3 Å². The number of hydrogen-bond acceptors (Lipinski definition) is 4. The maximum Gasteiger partial charge on any atom is 0.306 e. The standard InChI is InChI=1S/C29H30FN3O2/c1-4-35-28(34)15-23-11-10-22-14-20(17-31-29(22)23)8-9-21-6-5-7-26(18(21)2)33-19(3)32-25-13-12-24(30)16-27(25)33/h5-7,12-14,16-17,23H,4,8-11,15H2,1-3H3. The number of pyridine rings is 1. The molecule has 0 N–H and O–H groups in total. The fraction of sp³-hybridized carbons (Fsp3) is 0.345. The quantitative estimate of drug-likeness (QED) is 0.313. The minimum Gasteiger partial charge on any atom is -0.466 e. The van der Waals surface area contributed by atoms with Gasteiger partial charge in [0, 0.05) is 23.9 Å². The number of rotatable bonds is 7. The number of esters is 1. The lowest BCUT2D eigenvalue weighted by atomic mass is 9.98. The van der Waals surface area contributed by atoms with Crippen LogP contribution in [-0.4, -0.2) is 27.1 Å². The highest BCUT2D eigenvalue weighted by Crippen LogP contribution is 2.35. The molecule has 0 amide bonds. The van der Waals surface area contributed by atoms with Crippen LogP contribution in [0.5, 0.6) is 0 Å². The van der Waals surface area contributed by atoms with Crippen molar-refractivity contribution < 1.29 is 13.9 Å². The summed E-state index contributed by atoms with van der Waals surface area (Å²) in [4.78, 5) is 21.3. The molecule has 2 heterocycles. The van der Waals surface area contributed by atoms with Crippen LogP contribution in [0, 0.1) is 19.7 Å². The van der Waals surface area contributed by atoms with Crippen LogP contribution in [-0.2, 0) is 28.8 Å². The highest BCUT2D eigenvalue weighted by Gasteiger charge is 2.27. The van der Waals surface area contributed by atoms with E-state index < -0.39 is 0 Å². The van der Waals surface area contributed by atoms with E-state index in [0.29, 0.717) is 13.0 Å². The van der Waals surface area contributed by atoms with Crippen LogP contribution in [0.1, 0.15) is 59.5 Å². The Labute approximate surface area is 205 Å². The molecular weight excluding hydrogens is 441 g/mol. The van der Waals surface area contributed by atoms with E-state index in [2.05, 4.69) is 36.2 Å². The number of nitrogens with zero attached hydrogens (tertiary/aromatic N) is 3. The Morgan fingerprint density at radius 3 is 2.86 bits per heavy atom. The van der Waals surface area contributed by atoms with Crippen molar-refractivity contribution in [2.75, 3.05) is 6.61 Å². The lowest BCUT2D eigenvalue weighted by molar-refractivity contribution is -0.143. The number of hydrogen-bond donors (Lipinski definition) is 0. The van der Waals surface area contributed by atoms with Gasteiger partial charge in [0.15, 0.2) is 0 Å². The minimum atomic E-state index is -0.263. The van der Waals surface area contributed by atoms with Crippen molar-refractivity contribution in [3.63, 3.8) is 0 Å². The molecule has 5 rings (SSSR count). The summed E-state index contributed by atoms with van der Waals surface area (Å²) in [7, 11) is 0. The first-order valence-electron chi connectivity index (χ1n) is 12.3. The number of aryl methyl sites for hydroxylation is 4. The maximum absolute atomic E-state index is 14.0. The first-order chi connectivity index (χ1) is 16.9. The third-order valence-electron chi connectivity index (χ3n) is 7.05. The molecule has 0 radical (unpaired) electrons. The molecule has 0 aliphatic heterocycles. The van der Waals surface area contributed by atoms with Gasteiger partial charge in [-0.3, -0.25) is 14.3 Å². The Bertz CT molecular complexity index is 1410.